The van der Waals surface area contributed by atoms with Crippen LogP contribution in [0.3, 0.4) is 0 Å². The molecule has 3 aromatic rings. The average Bonchev–Trinajstić information content (AvgIpc) is 2.91. The van der Waals surface area contributed by atoms with Crippen LogP contribution < -0.4 is 10.4 Å². The molecule has 0 unspecified atom stereocenters. The van der Waals surface area contributed by atoms with Crippen molar-refractivity contribution in [1.82, 2.24) is 18.5 Å². The van der Waals surface area contributed by atoms with E-state index in [-0.39, 0.29) is 29.5 Å². The summed E-state index contributed by atoms with van der Waals surface area (Å²) >= 11 is 0. The van der Waals surface area contributed by atoms with E-state index in [9.17, 15) is 17.6 Å². The molecule has 1 fully saturated rings. The van der Waals surface area contributed by atoms with Gasteiger partial charge >= 0.3 is 5.69 Å². The minimum absolute atomic E-state index is 0.0298. The Balaban J connectivity index is 1.59. The molecule has 0 aliphatic carbocycles. The monoisotopic (exact) mass is 434 g/mol. The first kappa shape index (κ1) is 20.5. The molecule has 0 atom stereocenters. The van der Waals surface area contributed by atoms with Crippen molar-refractivity contribution < 1.29 is 17.5 Å². The Labute approximate surface area is 173 Å². The summed E-state index contributed by atoms with van der Waals surface area (Å²) in [5.41, 5.74) is -0.339. The fourth-order valence-corrected chi connectivity index (χ4v) is 5.20. The average molecular weight is 434 g/mol. The van der Waals surface area contributed by atoms with Crippen LogP contribution in [0.4, 0.5) is 4.39 Å². The van der Waals surface area contributed by atoms with Gasteiger partial charge in [-0.05, 0) is 49.2 Å². The quantitative estimate of drug-likeness (QED) is 0.594. The lowest BCUT2D eigenvalue weighted by Gasteiger charge is -2.19. The van der Waals surface area contributed by atoms with E-state index in [1.165, 1.54) is 49.9 Å². The van der Waals surface area contributed by atoms with Crippen LogP contribution in [0.2, 0.25) is 0 Å². The number of pyridine rings is 1. The Morgan fingerprint density at radius 2 is 1.73 bits per heavy atom. The van der Waals surface area contributed by atoms with Gasteiger partial charge in [0.05, 0.1) is 6.54 Å². The fraction of sp³-hybridized carbons (Fsp3) is 0.400. The molecule has 30 heavy (non-hydrogen) atoms. The second-order valence-electron chi connectivity index (χ2n) is 7.19. The molecule has 10 heteroatoms. The minimum atomic E-state index is -3.75. The molecule has 0 spiro atoms. The number of halogens is 1. The molecular weight excluding hydrogens is 411 g/mol. The van der Waals surface area contributed by atoms with Crippen LogP contribution in [0.15, 0.2) is 52.3 Å². The van der Waals surface area contributed by atoms with Crippen molar-refractivity contribution in [2.75, 3.05) is 19.7 Å². The molecule has 1 aliphatic rings. The van der Waals surface area contributed by atoms with Gasteiger partial charge in [-0.25, -0.2) is 26.7 Å². The van der Waals surface area contributed by atoms with E-state index >= 15 is 0 Å². The Bertz CT molecular complexity index is 1180. The number of sulfonamides is 1. The number of benzene rings is 1. The number of aromatic nitrogens is 3. The molecule has 4 rings (SSSR count). The van der Waals surface area contributed by atoms with Gasteiger partial charge in [-0.1, -0.05) is 12.8 Å². The Hall–Kier alpha value is -2.72. The van der Waals surface area contributed by atoms with E-state index in [1.807, 2.05) is 0 Å². The highest BCUT2D eigenvalue weighted by Gasteiger charge is 2.28. The van der Waals surface area contributed by atoms with Gasteiger partial charge in [0.2, 0.25) is 10.0 Å². The summed E-state index contributed by atoms with van der Waals surface area (Å²) in [5.74, 6) is 0.106. The van der Waals surface area contributed by atoms with Gasteiger partial charge in [0.25, 0.3) is 0 Å². The van der Waals surface area contributed by atoms with Gasteiger partial charge in [-0.15, -0.1) is 5.10 Å². The third-order valence-electron chi connectivity index (χ3n) is 5.14. The topological polar surface area (TPSA) is 85.9 Å². The second-order valence-corrected chi connectivity index (χ2v) is 9.10. The van der Waals surface area contributed by atoms with Gasteiger partial charge in [-0.2, -0.15) is 4.31 Å². The molecule has 0 radical (unpaired) electrons. The number of rotatable bonds is 6. The fourth-order valence-electron chi connectivity index (χ4n) is 3.56. The van der Waals surface area contributed by atoms with Crippen molar-refractivity contribution in [2.24, 2.45) is 0 Å². The van der Waals surface area contributed by atoms with Gasteiger partial charge in [0.15, 0.2) is 5.65 Å². The molecule has 1 aliphatic heterocycles. The summed E-state index contributed by atoms with van der Waals surface area (Å²) in [6.07, 6.45) is 5.18. The van der Waals surface area contributed by atoms with Crippen LogP contribution in [0, 0.1) is 5.82 Å². The van der Waals surface area contributed by atoms with Crippen LogP contribution in [0.5, 0.6) is 5.75 Å². The highest BCUT2D eigenvalue weighted by atomic mass is 32.2. The number of ether oxygens (including phenoxy) is 1. The lowest BCUT2D eigenvalue weighted by atomic mass is 10.2. The molecule has 0 amide bonds. The Kier molecular flexibility index (Phi) is 5.87. The van der Waals surface area contributed by atoms with E-state index in [0.29, 0.717) is 18.8 Å². The lowest BCUT2D eigenvalue weighted by molar-refractivity contribution is 0.288. The van der Waals surface area contributed by atoms with Gasteiger partial charge < -0.3 is 4.74 Å². The molecule has 1 aromatic carbocycles. The Morgan fingerprint density at radius 3 is 2.43 bits per heavy atom. The first-order chi connectivity index (χ1) is 14.5. The largest absolute Gasteiger partial charge is 0.492 e. The molecule has 160 valence electrons. The summed E-state index contributed by atoms with van der Waals surface area (Å²) in [6.45, 7) is 1.20. The number of hydrogen-bond donors (Lipinski definition) is 0. The van der Waals surface area contributed by atoms with Gasteiger partial charge in [0.1, 0.15) is 23.1 Å². The van der Waals surface area contributed by atoms with Crippen molar-refractivity contribution in [2.45, 2.75) is 37.1 Å². The minimum Gasteiger partial charge on any atom is -0.492 e. The second kappa shape index (κ2) is 8.57. The van der Waals surface area contributed by atoms with Crippen molar-refractivity contribution in [3.63, 3.8) is 0 Å². The maximum Gasteiger partial charge on any atom is 0.350 e. The number of nitrogens with zero attached hydrogens (tertiary/aromatic N) is 4. The molecule has 0 N–H and O–H groups in total. The highest BCUT2D eigenvalue weighted by molar-refractivity contribution is 7.89. The number of fused-ring (bicyclic) bond motifs is 1. The summed E-state index contributed by atoms with van der Waals surface area (Å²) in [5, 5.41) is 4.26. The summed E-state index contributed by atoms with van der Waals surface area (Å²) < 4.78 is 48.8. The zero-order valence-corrected chi connectivity index (χ0v) is 17.2. The molecule has 1 saturated heterocycles. The third kappa shape index (κ3) is 4.10. The highest BCUT2D eigenvalue weighted by Crippen LogP contribution is 2.22. The third-order valence-corrected chi connectivity index (χ3v) is 7.06. The van der Waals surface area contributed by atoms with Crippen LogP contribution >= 0.6 is 0 Å². The molecule has 0 saturated carbocycles. The van der Waals surface area contributed by atoms with Crippen molar-refractivity contribution in [3.8, 4) is 5.75 Å². The maximum absolute atomic E-state index is 13.2. The van der Waals surface area contributed by atoms with E-state index in [4.69, 9.17) is 4.74 Å². The summed E-state index contributed by atoms with van der Waals surface area (Å²) in [4.78, 5) is 12.7. The van der Waals surface area contributed by atoms with E-state index in [2.05, 4.69) is 5.10 Å². The zero-order valence-electron chi connectivity index (χ0n) is 16.4. The van der Waals surface area contributed by atoms with Crippen LogP contribution in [0.1, 0.15) is 25.7 Å². The van der Waals surface area contributed by atoms with Gasteiger partial charge in [-0.3, -0.25) is 0 Å². The molecular formula is C20H23FN4O4S. The predicted molar refractivity (Wildman–Crippen MR) is 109 cm³/mol. The van der Waals surface area contributed by atoms with Crippen LogP contribution in [-0.2, 0) is 16.6 Å². The molecule has 3 heterocycles. The van der Waals surface area contributed by atoms with Gasteiger partial charge in [0, 0.05) is 19.3 Å². The first-order valence-electron chi connectivity index (χ1n) is 9.93. The summed E-state index contributed by atoms with van der Waals surface area (Å²) in [6, 6.07) is 8.58. The summed E-state index contributed by atoms with van der Waals surface area (Å²) in [7, 11) is -3.75. The Morgan fingerprint density at radius 1 is 1.03 bits per heavy atom. The normalized spacial score (nSPS) is 15.9. The smallest absolute Gasteiger partial charge is 0.350 e. The first-order valence-corrected chi connectivity index (χ1v) is 11.4. The van der Waals surface area contributed by atoms with E-state index < -0.39 is 15.7 Å². The van der Waals surface area contributed by atoms with Crippen molar-refractivity contribution >= 4 is 15.7 Å². The lowest BCUT2D eigenvalue weighted by Crippen LogP contribution is -2.32. The van der Waals surface area contributed by atoms with Crippen LogP contribution in [0.25, 0.3) is 5.65 Å². The van der Waals surface area contributed by atoms with Crippen molar-refractivity contribution in [1.29, 1.82) is 0 Å². The molecule has 0 bridgehead atoms. The SMILES string of the molecule is O=c1n(CCOc2ccc(F)cc2)nc2c(S(=O)(=O)N3CCCCCC3)cccn12. The standard InChI is InChI=1S/C20H23FN4O4S/c21-16-7-9-17(10-8-16)29-15-14-25-20(26)24-13-5-6-18(19(24)22-25)30(27,28)23-11-3-1-2-4-12-23/h5-10,13H,1-4,11-12,14-15H2. The molecule has 2 aromatic heterocycles. The maximum atomic E-state index is 13.2. The predicted octanol–water partition coefficient (Wildman–Crippen LogP) is 2.28. The van der Waals surface area contributed by atoms with E-state index in [1.54, 1.807) is 6.07 Å². The van der Waals surface area contributed by atoms with E-state index in [0.717, 1.165) is 25.7 Å². The van der Waals surface area contributed by atoms with Crippen molar-refractivity contribution in [3.05, 3.63) is 58.9 Å². The van der Waals surface area contributed by atoms with Crippen LogP contribution in [-0.4, -0.2) is 46.6 Å². The number of hydrogen-bond acceptors (Lipinski definition) is 5. The molecule has 8 nitrogen and oxygen atoms in total. The zero-order chi connectivity index (χ0) is 21.1.